The first-order chi connectivity index (χ1) is 7.16. The molecule has 0 spiro atoms. The maximum absolute atomic E-state index is 11.5. The molecule has 15 heavy (non-hydrogen) atoms. The van der Waals surface area contributed by atoms with E-state index in [2.05, 4.69) is 0 Å². The summed E-state index contributed by atoms with van der Waals surface area (Å²) in [6.07, 6.45) is 2.95. The van der Waals surface area contributed by atoms with Gasteiger partial charge in [0.2, 0.25) is 0 Å². The Balaban J connectivity index is 1.77. The molecule has 5 nitrogen and oxygen atoms in total. The summed E-state index contributed by atoms with van der Waals surface area (Å²) in [5.74, 6) is -0.837. The van der Waals surface area contributed by atoms with Crippen LogP contribution < -0.4 is 0 Å². The van der Waals surface area contributed by atoms with Crippen molar-refractivity contribution in [1.29, 1.82) is 0 Å². The van der Waals surface area contributed by atoms with Crippen molar-refractivity contribution in [3.8, 4) is 0 Å². The molecule has 0 aromatic heterocycles. The van der Waals surface area contributed by atoms with Crippen molar-refractivity contribution in [1.82, 2.24) is 4.90 Å². The first kappa shape index (κ1) is 10.3. The van der Waals surface area contributed by atoms with Crippen LogP contribution in [0, 0.1) is 0 Å². The third-order valence-corrected chi connectivity index (χ3v) is 2.86. The molecule has 1 N–H and O–H groups in total. The molecule has 1 aliphatic heterocycles. The highest BCUT2D eigenvalue weighted by atomic mass is 16.6. The van der Waals surface area contributed by atoms with Crippen LogP contribution in [0.4, 0.5) is 4.79 Å². The fraction of sp³-hybridized carbons (Fsp3) is 0.800. The van der Waals surface area contributed by atoms with Gasteiger partial charge in [-0.15, -0.1) is 0 Å². The lowest BCUT2D eigenvalue weighted by molar-refractivity contribution is -0.137. The number of carbonyl (C=O) groups is 2. The zero-order chi connectivity index (χ0) is 10.8. The summed E-state index contributed by atoms with van der Waals surface area (Å²) in [4.78, 5) is 23.6. The van der Waals surface area contributed by atoms with Crippen LogP contribution in [0.15, 0.2) is 0 Å². The maximum atomic E-state index is 11.5. The van der Waals surface area contributed by atoms with E-state index in [1.807, 2.05) is 0 Å². The van der Waals surface area contributed by atoms with Crippen LogP contribution in [0.5, 0.6) is 0 Å². The molecule has 1 heterocycles. The molecule has 1 atom stereocenters. The smallest absolute Gasteiger partial charge is 0.410 e. The molecule has 84 valence electrons. The van der Waals surface area contributed by atoms with E-state index in [4.69, 9.17) is 9.84 Å². The summed E-state index contributed by atoms with van der Waals surface area (Å²) in [5, 5.41) is 8.51. The summed E-state index contributed by atoms with van der Waals surface area (Å²) in [6, 6.07) is 0.387. The lowest BCUT2D eigenvalue weighted by Gasteiger charge is -2.31. The molecule has 0 bridgehead atoms. The second kappa shape index (κ2) is 4.08. The van der Waals surface area contributed by atoms with Gasteiger partial charge in [0, 0.05) is 25.4 Å². The topological polar surface area (TPSA) is 66.8 Å². The van der Waals surface area contributed by atoms with E-state index in [0.29, 0.717) is 19.0 Å². The molecule has 1 amide bonds. The molecule has 2 fully saturated rings. The van der Waals surface area contributed by atoms with Crippen LogP contribution in [0.3, 0.4) is 0 Å². The predicted molar refractivity (Wildman–Crippen MR) is 51.5 cm³/mol. The van der Waals surface area contributed by atoms with E-state index in [1.165, 1.54) is 0 Å². The van der Waals surface area contributed by atoms with Gasteiger partial charge in [-0.3, -0.25) is 4.79 Å². The van der Waals surface area contributed by atoms with Gasteiger partial charge in [0.1, 0.15) is 6.10 Å². The van der Waals surface area contributed by atoms with Gasteiger partial charge in [0.05, 0.1) is 0 Å². The van der Waals surface area contributed by atoms with Crippen LogP contribution in [0.1, 0.15) is 32.1 Å². The summed E-state index contributed by atoms with van der Waals surface area (Å²) >= 11 is 0. The van der Waals surface area contributed by atoms with E-state index in [9.17, 15) is 9.59 Å². The molecular formula is C10H15NO4. The van der Waals surface area contributed by atoms with Gasteiger partial charge in [-0.2, -0.15) is 0 Å². The molecule has 1 saturated heterocycles. The van der Waals surface area contributed by atoms with Crippen LogP contribution in [-0.4, -0.2) is 40.8 Å². The van der Waals surface area contributed by atoms with E-state index in [1.54, 1.807) is 4.90 Å². The minimum Gasteiger partial charge on any atom is -0.481 e. The minimum atomic E-state index is -0.837. The van der Waals surface area contributed by atoms with Gasteiger partial charge >= 0.3 is 12.1 Å². The number of nitrogens with zero attached hydrogens (tertiary/aromatic N) is 1. The number of amides is 1. The number of hydrogen-bond acceptors (Lipinski definition) is 3. The lowest BCUT2D eigenvalue weighted by Crippen LogP contribution is -2.43. The summed E-state index contributed by atoms with van der Waals surface area (Å²) in [7, 11) is 0. The Morgan fingerprint density at radius 2 is 2.20 bits per heavy atom. The monoisotopic (exact) mass is 213 g/mol. The zero-order valence-corrected chi connectivity index (χ0v) is 8.52. The van der Waals surface area contributed by atoms with Gasteiger partial charge in [-0.25, -0.2) is 4.79 Å². The second-order valence-electron chi connectivity index (χ2n) is 4.15. The molecule has 1 aliphatic carbocycles. The SMILES string of the molecule is O=C(O)CCC1CCN(C2CC2)C(=O)O1. The number of cyclic esters (lactones) is 1. The Hall–Kier alpha value is -1.26. The molecule has 0 aromatic carbocycles. The normalized spacial score (nSPS) is 26.3. The third-order valence-electron chi connectivity index (χ3n) is 2.86. The molecule has 0 radical (unpaired) electrons. The molecule has 0 aromatic rings. The number of carboxylic acid groups (broad SMARTS) is 1. The fourth-order valence-electron chi connectivity index (χ4n) is 1.85. The third kappa shape index (κ3) is 2.61. The van der Waals surface area contributed by atoms with Gasteiger partial charge in [-0.05, 0) is 19.3 Å². The maximum Gasteiger partial charge on any atom is 0.410 e. The average Bonchev–Trinajstić information content (AvgIpc) is 2.98. The summed E-state index contributed by atoms with van der Waals surface area (Å²) in [5.41, 5.74) is 0. The van der Waals surface area contributed by atoms with Crippen molar-refractivity contribution in [2.45, 2.75) is 44.2 Å². The van der Waals surface area contributed by atoms with Gasteiger partial charge in [0.15, 0.2) is 0 Å². The minimum absolute atomic E-state index is 0.0708. The van der Waals surface area contributed by atoms with Crippen LogP contribution in [-0.2, 0) is 9.53 Å². The predicted octanol–water partition coefficient (Wildman–Crippen LogP) is 1.22. The Bertz CT molecular complexity index is 275. The number of carboxylic acids is 1. The highest BCUT2D eigenvalue weighted by Gasteiger charge is 2.37. The van der Waals surface area contributed by atoms with Gasteiger partial charge in [0.25, 0.3) is 0 Å². The number of aliphatic carboxylic acids is 1. The van der Waals surface area contributed by atoms with E-state index < -0.39 is 5.97 Å². The zero-order valence-electron chi connectivity index (χ0n) is 8.52. The Morgan fingerprint density at radius 3 is 2.73 bits per heavy atom. The van der Waals surface area contributed by atoms with Crippen molar-refractivity contribution < 1.29 is 19.4 Å². The van der Waals surface area contributed by atoms with E-state index >= 15 is 0 Å². The van der Waals surface area contributed by atoms with Gasteiger partial charge < -0.3 is 14.7 Å². The van der Waals surface area contributed by atoms with Crippen molar-refractivity contribution in [3.05, 3.63) is 0 Å². The Labute approximate surface area is 88.0 Å². The average molecular weight is 213 g/mol. The van der Waals surface area contributed by atoms with Crippen molar-refractivity contribution >= 4 is 12.1 Å². The number of carbonyl (C=O) groups excluding carboxylic acids is 1. The Morgan fingerprint density at radius 1 is 1.47 bits per heavy atom. The Kier molecular flexibility index (Phi) is 2.79. The van der Waals surface area contributed by atoms with Crippen LogP contribution >= 0.6 is 0 Å². The first-order valence-electron chi connectivity index (χ1n) is 5.36. The molecule has 2 rings (SSSR count). The van der Waals surface area contributed by atoms with Crippen molar-refractivity contribution in [2.75, 3.05) is 6.54 Å². The summed E-state index contributed by atoms with van der Waals surface area (Å²) in [6.45, 7) is 0.716. The highest BCUT2D eigenvalue weighted by molar-refractivity contribution is 5.70. The molecule has 1 unspecified atom stereocenters. The molecule has 1 saturated carbocycles. The van der Waals surface area contributed by atoms with E-state index in [-0.39, 0.29) is 18.6 Å². The number of ether oxygens (including phenoxy) is 1. The van der Waals surface area contributed by atoms with Crippen LogP contribution in [0.2, 0.25) is 0 Å². The summed E-state index contributed by atoms with van der Waals surface area (Å²) < 4.78 is 5.17. The largest absolute Gasteiger partial charge is 0.481 e. The molecule has 5 heteroatoms. The standard InChI is InChI=1S/C10H15NO4/c12-9(13)4-3-8-5-6-11(7-1-2-7)10(14)15-8/h7-8H,1-6H2,(H,12,13). The van der Waals surface area contributed by atoms with Crippen LogP contribution in [0.25, 0.3) is 0 Å². The molecular weight excluding hydrogens is 198 g/mol. The van der Waals surface area contributed by atoms with E-state index in [0.717, 1.165) is 19.3 Å². The number of rotatable bonds is 4. The number of hydrogen-bond donors (Lipinski definition) is 1. The first-order valence-corrected chi connectivity index (χ1v) is 5.36. The second-order valence-corrected chi connectivity index (χ2v) is 4.15. The van der Waals surface area contributed by atoms with Crippen molar-refractivity contribution in [2.24, 2.45) is 0 Å². The quantitative estimate of drug-likeness (QED) is 0.762. The molecule has 2 aliphatic rings. The highest BCUT2D eigenvalue weighted by Crippen LogP contribution is 2.30. The van der Waals surface area contributed by atoms with Crippen molar-refractivity contribution in [3.63, 3.8) is 0 Å². The lowest BCUT2D eigenvalue weighted by atomic mass is 10.1. The van der Waals surface area contributed by atoms with Gasteiger partial charge in [-0.1, -0.05) is 0 Å². The fourth-order valence-corrected chi connectivity index (χ4v) is 1.85.